The summed E-state index contributed by atoms with van der Waals surface area (Å²) in [5, 5.41) is 4.03. The van der Waals surface area contributed by atoms with Crippen molar-refractivity contribution in [2.24, 2.45) is 5.92 Å². The molecule has 0 aromatic carbocycles. The predicted molar refractivity (Wildman–Crippen MR) is 81.2 cm³/mol. The Balaban J connectivity index is 1.36. The third-order valence-electron chi connectivity index (χ3n) is 4.61. The standard InChI is InChI=1S/C15H25N5O2/c21-15(3-6-20-13-16-12-17-20)19-4-1-14(2-5-19)11-18-7-9-22-10-8-18/h12-14H,1-11H2. The van der Waals surface area contributed by atoms with E-state index in [0.29, 0.717) is 13.0 Å². The van der Waals surface area contributed by atoms with Crippen molar-refractivity contribution in [3.63, 3.8) is 0 Å². The second-order valence-electron chi connectivity index (χ2n) is 6.15. The van der Waals surface area contributed by atoms with Gasteiger partial charge in [0.15, 0.2) is 0 Å². The lowest BCUT2D eigenvalue weighted by molar-refractivity contribution is -0.133. The summed E-state index contributed by atoms with van der Waals surface area (Å²) < 4.78 is 7.10. The largest absolute Gasteiger partial charge is 0.379 e. The Labute approximate surface area is 131 Å². The van der Waals surface area contributed by atoms with Gasteiger partial charge in [-0.1, -0.05) is 0 Å². The van der Waals surface area contributed by atoms with E-state index in [2.05, 4.69) is 15.0 Å². The summed E-state index contributed by atoms with van der Waals surface area (Å²) in [5.74, 6) is 0.956. The molecule has 1 aromatic heterocycles. The van der Waals surface area contributed by atoms with Gasteiger partial charge in [0.1, 0.15) is 12.7 Å². The topological polar surface area (TPSA) is 63.5 Å². The zero-order valence-corrected chi connectivity index (χ0v) is 13.1. The van der Waals surface area contributed by atoms with Crippen molar-refractivity contribution in [2.75, 3.05) is 45.9 Å². The Bertz CT molecular complexity index is 451. The number of piperidine rings is 1. The maximum absolute atomic E-state index is 12.2. The molecule has 2 fully saturated rings. The van der Waals surface area contributed by atoms with Crippen LogP contribution in [0, 0.1) is 5.92 Å². The Morgan fingerprint density at radius 2 is 1.95 bits per heavy atom. The SMILES string of the molecule is O=C(CCn1cncn1)N1CCC(CN2CCOCC2)CC1. The van der Waals surface area contributed by atoms with Gasteiger partial charge in [-0.2, -0.15) is 5.10 Å². The van der Waals surface area contributed by atoms with E-state index in [1.165, 1.54) is 6.33 Å². The summed E-state index contributed by atoms with van der Waals surface area (Å²) in [5.41, 5.74) is 0. The van der Waals surface area contributed by atoms with E-state index < -0.39 is 0 Å². The maximum Gasteiger partial charge on any atom is 0.224 e. The number of amides is 1. The lowest BCUT2D eigenvalue weighted by Crippen LogP contribution is -2.44. The van der Waals surface area contributed by atoms with Crippen LogP contribution in [0.1, 0.15) is 19.3 Å². The highest BCUT2D eigenvalue weighted by atomic mass is 16.5. The molecule has 2 saturated heterocycles. The van der Waals surface area contributed by atoms with Crippen LogP contribution in [0.25, 0.3) is 0 Å². The fourth-order valence-electron chi connectivity index (χ4n) is 3.23. The maximum atomic E-state index is 12.2. The molecule has 7 heteroatoms. The van der Waals surface area contributed by atoms with Gasteiger partial charge in [0.2, 0.25) is 5.91 Å². The Morgan fingerprint density at radius 3 is 2.64 bits per heavy atom. The quantitative estimate of drug-likeness (QED) is 0.780. The molecule has 7 nitrogen and oxygen atoms in total. The highest BCUT2D eigenvalue weighted by Crippen LogP contribution is 2.19. The van der Waals surface area contributed by atoms with Gasteiger partial charge in [0.05, 0.1) is 19.8 Å². The molecule has 22 heavy (non-hydrogen) atoms. The van der Waals surface area contributed by atoms with Crippen LogP contribution in [-0.2, 0) is 16.1 Å². The van der Waals surface area contributed by atoms with Gasteiger partial charge in [-0.25, -0.2) is 4.98 Å². The fraction of sp³-hybridized carbons (Fsp3) is 0.800. The average molecular weight is 307 g/mol. The van der Waals surface area contributed by atoms with E-state index in [0.717, 1.165) is 64.7 Å². The summed E-state index contributed by atoms with van der Waals surface area (Å²) in [6.07, 6.45) is 5.90. The van der Waals surface area contributed by atoms with Crippen molar-refractivity contribution >= 4 is 5.91 Å². The molecule has 2 aliphatic heterocycles. The van der Waals surface area contributed by atoms with Crippen LogP contribution in [0.3, 0.4) is 0 Å². The van der Waals surface area contributed by atoms with E-state index in [9.17, 15) is 4.79 Å². The second-order valence-corrected chi connectivity index (χ2v) is 6.15. The monoisotopic (exact) mass is 307 g/mol. The van der Waals surface area contributed by atoms with Crippen molar-refractivity contribution in [1.82, 2.24) is 24.6 Å². The molecule has 3 rings (SSSR count). The number of carbonyl (C=O) groups is 1. The minimum Gasteiger partial charge on any atom is -0.379 e. The number of aryl methyl sites for hydroxylation is 1. The van der Waals surface area contributed by atoms with Gasteiger partial charge in [-0.05, 0) is 18.8 Å². The van der Waals surface area contributed by atoms with Crippen LogP contribution < -0.4 is 0 Å². The van der Waals surface area contributed by atoms with Crippen LogP contribution in [-0.4, -0.2) is 76.4 Å². The van der Waals surface area contributed by atoms with Gasteiger partial charge in [0, 0.05) is 39.1 Å². The third kappa shape index (κ3) is 4.27. The first-order valence-corrected chi connectivity index (χ1v) is 8.21. The van der Waals surface area contributed by atoms with E-state index in [-0.39, 0.29) is 5.91 Å². The number of carbonyl (C=O) groups excluding carboxylic acids is 1. The number of aromatic nitrogens is 3. The molecular weight excluding hydrogens is 282 g/mol. The highest BCUT2D eigenvalue weighted by molar-refractivity contribution is 5.76. The lowest BCUT2D eigenvalue weighted by atomic mass is 9.96. The Morgan fingerprint density at radius 1 is 1.18 bits per heavy atom. The zero-order chi connectivity index (χ0) is 15.2. The molecule has 0 atom stereocenters. The normalized spacial score (nSPS) is 21.2. The Kier molecular flexibility index (Phi) is 5.39. The minimum atomic E-state index is 0.236. The number of rotatable bonds is 5. The van der Waals surface area contributed by atoms with E-state index in [1.54, 1.807) is 11.0 Å². The molecule has 0 aliphatic carbocycles. The van der Waals surface area contributed by atoms with Gasteiger partial charge < -0.3 is 9.64 Å². The number of nitrogens with zero attached hydrogens (tertiary/aromatic N) is 5. The van der Waals surface area contributed by atoms with Gasteiger partial charge in [0.25, 0.3) is 0 Å². The summed E-state index contributed by atoms with van der Waals surface area (Å²) in [7, 11) is 0. The molecule has 122 valence electrons. The number of ether oxygens (including phenoxy) is 1. The second kappa shape index (κ2) is 7.69. The first kappa shape index (κ1) is 15.4. The molecule has 0 unspecified atom stereocenters. The molecule has 0 spiro atoms. The smallest absolute Gasteiger partial charge is 0.224 e. The third-order valence-corrected chi connectivity index (χ3v) is 4.61. The summed E-state index contributed by atoms with van der Waals surface area (Å²) >= 11 is 0. The fourth-order valence-corrected chi connectivity index (χ4v) is 3.23. The van der Waals surface area contributed by atoms with Crippen LogP contribution in [0.2, 0.25) is 0 Å². The molecule has 0 radical (unpaired) electrons. The molecule has 0 N–H and O–H groups in total. The average Bonchev–Trinajstić information content (AvgIpc) is 3.08. The number of likely N-dealkylation sites (tertiary alicyclic amines) is 1. The van der Waals surface area contributed by atoms with Crippen LogP contribution >= 0.6 is 0 Å². The van der Waals surface area contributed by atoms with Crippen LogP contribution in [0.5, 0.6) is 0 Å². The zero-order valence-electron chi connectivity index (χ0n) is 13.1. The molecule has 0 saturated carbocycles. The van der Waals surface area contributed by atoms with Crippen molar-refractivity contribution in [2.45, 2.75) is 25.8 Å². The van der Waals surface area contributed by atoms with E-state index >= 15 is 0 Å². The predicted octanol–water partition coefficient (Wildman–Crippen LogP) is 0.239. The van der Waals surface area contributed by atoms with E-state index in [1.807, 2.05) is 4.90 Å². The Hall–Kier alpha value is -1.47. The van der Waals surface area contributed by atoms with Gasteiger partial charge >= 0.3 is 0 Å². The summed E-state index contributed by atoms with van der Waals surface area (Å²) in [4.78, 5) is 20.6. The number of hydrogen-bond acceptors (Lipinski definition) is 5. The molecular formula is C15H25N5O2. The molecule has 0 bridgehead atoms. The van der Waals surface area contributed by atoms with Gasteiger partial charge in [-0.3, -0.25) is 14.4 Å². The highest BCUT2D eigenvalue weighted by Gasteiger charge is 2.24. The molecule has 1 aromatic rings. The summed E-state index contributed by atoms with van der Waals surface area (Å²) in [6, 6.07) is 0. The van der Waals surface area contributed by atoms with Crippen molar-refractivity contribution in [1.29, 1.82) is 0 Å². The van der Waals surface area contributed by atoms with Crippen LogP contribution in [0.15, 0.2) is 12.7 Å². The first-order chi connectivity index (χ1) is 10.8. The van der Waals surface area contributed by atoms with Crippen molar-refractivity contribution < 1.29 is 9.53 Å². The molecule has 3 heterocycles. The minimum absolute atomic E-state index is 0.236. The summed E-state index contributed by atoms with van der Waals surface area (Å²) in [6.45, 7) is 7.39. The van der Waals surface area contributed by atoms with Crippen molar-refractivity contribution in [3.8, 4) is 0 Å². The molecule has 2 aliphatic rings. The first-order valence-electron chi connectivity index (χ1n) is 8.21. The molecule has 1 amide bonds. The van der Waals surface area contributed by atoms with Gasteiger partial charge in [-0.15, -0.1) is 0 Å². The van der Waals surface area contributed by atoms with Crippen LogP contribution in [0.4, 0.5) is 0 Å². The number of morpholine rings is 1. The lowest BCUT2D eigenvalue weighted by Gasteiger charge is -2.36. The van der Waals surface area contributed by atoms with Crippen molar-refractivity contribution in [3.05, 3.63) is 12.7 Å². The number of hydrogen-bond donors (Lipinski definition) is 0. The van der Waals surface area contributed by atoms with E-state index in [4.69, 9.17) is 4.74 Å².